The molecular weight excluding hydrogens is 405 g/mol. The lowest BCUT2D eigenvalue weighted by Crippen LogP contribution is -2.25. The van der Waals surface area contributed by atoms with E-state index in [4.69, 9.17) is 10.5 Å². The number of guanidine groups is 1. The summed E-state index contributed by atoms with van der Waals surface area (Å²) in [5, 5.41) is 3.07. The van der Waals surface area contributed by atoms with Crippen molar-refractivity contribution in [1.82, 2.24) is 0 Å². The molecule has 1 aromatic carbocycles. The highest BCUT2D eigenvalue weighted by Gasteiger charge is 2.15. The molecular formula is C17H26IN3O2. The maximum absolute atomic E-state index is 11.6. The third-order valence-electron chi connectivity index (χ3n) is 3.39. The number of rotatable bonds is 4. The Morgan fingerprint density at radius 2 is 2.00 bits per heavy atom. The van der Waals surface area contributed by atoms with Gasteiger partial charge in [0.25, 0.3) is 0 Å². The average Bonchev–Trinajstić information content (AvgIpc) is 2.83. The second-order valence-corrected chi connectivity index (χ2v) is 6.57. The zero-order valence-electron chi connectivity index (χ0n) is 14.0. The molecule has 23 heavy (non-hydrogen) atoms. The van der Waals surface area contributed by atoms with E-state index in [0.29, 0.717) is 12.5 Å². The van der Waals surface area contributed by atoms with Gasteiger partial charge in [0.2, 0.25) is 0 Å². The Bertz CT molecular complexity index is 580. The summed E-state index contributed by atoms with van der Waals surface area (Å²) in [6.07, 6.45) is 3.73. The van der Waals surface area contributed by atoms with E-state index in [2.05, 4.69) is 22.4 Å². The molecule has 0 fully saturated rings. The molecule has 1 aliphatic carbocycles. The van der Waals surface area contributed by atoms with Crippen LogP contribution in [0.2, 0.25) is 0 Å². The fourth-order valence-corrected chi connectivity index (χ4v) is 2.50. The number of nitrogens with zero attached hydrogens (tertiary/aromatic N) is 1. The Kier molecular flexibility index (Phi) is 7.31. The summed E-state index contributed by atoms with van der Waals surface area (Å²) in [5.74, 6) is 0.0584. The molecule has 0 amide bonds. The van der Waals surface area contributed by atoms with Crippen LogP contribution in [-0.2, 0) is 22.4 Å². The molecule has 0 saturated heterocycles. The van der Waals surface area contributed by atoms with Crippen LogP contribution in [0, 0.1) is 0 Å². The molecule has 0 aliphatic heterocycles. The second kappa shape index (κ2) is 8.52. The van der Waals surface area contributed by atoms with Crippen molar-refractivity contribution in [3.63, 3.8) is 0 Å². The minimum absolute atomic E-state index is 0. The topological polar surface area (TPSA) is 76.7 Å². The van der Waals surface area contributed by atoms with Crippen molar-refractivity contribution in [2.75, 3.05) is 11.9 Å². The highest BCUT2D eigenvalue weighted by Crippen LogP contribution is 2.24. The van der Waals surface area contributed by atoms with Crippen LogP contribution in [-0.4, -0.2) is 24.1 Å². The van der Waals surface area contributed by atoms with Gasteiger partial charge in [-0.25, -0.2) is 0 Å². The van der Waals surface area contributed by atoms with Crippen molar-refractivity contribution in [3.05, 3.63) is 29.3 Å². The van der Waals surface area contributed by atoms with E-state index < -0.39 is 5.60 Å². The first-order chi connectivity index (χ1) is 10.3. The molecule has 0 atom stereocenters. The van der Waals surface area contributed by atoms with Crippen LogP contribution in [0.4, 0.5) is 5.69 Å². The molecule has 1 aromatic rings. The lowest BCUT2D eigenvalue weighted by atomic mass is 10.1. The zero-order valence-corrected chi connectivity index (χ0v) is 16.3. The van der Waals surface area contributed by atoms with Crippen molar-refractivity contribution in [2.45, 2.75) is 52.1 Å². The third kappa shape index (κ3) is 6.76. The number of halogens is 1. The zero-order chi connectivity index (χ0) is 16.2. The van der Waals surface area contributed by atoms with Crippen LogP contribution in [0.1, 0.15) is 44.7 Å². The molecule has 1 aliphatic rings. The summed E-state index contributed by atoms with van der Waals surface area (Å²) in [5.41, 5.74) is 9.13. The van der Waals surface area contributed by atoms with Crippen molar-refractivity contribution in [2.24, 2.45) is 10.7 Å². The first kappa shape index (κ1) is 19.7. The largest absolute Gasteiger partial charge is 0.460 e. The monoisotopic (exact) mass is 431 g/mol. The van der Waals surface area contributed by atoms with E-state index in [-0.39, 0.29) is 36.4 Å². The minimum atomic E-state index is -0.463. The maximum Gasteiger partial charge on any atom is 0.308 e. The normalized spacial score (nSPS) is 14.0. The summed E-state index contributed by atoms with van der Waals surface area (Å²) in [7, 11) is 0. The number of hydrogen-bond acceptors (Lipinski definition) is 3. The summed E-state index contributed by atoms with van der Waals surface area (Å²) in [6, 6.07) is 6.28. The molecule has 3 N–H and O–H groups in total. The van der Waals surface area contributed by atoms with Gasteiger partial charge in [0.1, 0.15) is 5.60 Å². The van der Waals surface area contributed by atoms with Gasteiger partial charge in [0, 0.05) is 5.69 Å². The van der Waals surface area contributed by atoms with E-state index >= 15 is 0 Å². The number of benzene rings is 1. The average molecular weight is 431 g/mol. The summed E-state index contributed by atoms with van der Waals surface area (Å²) >= 11 is 0. The Morgan fingerprint density at radius 3 is 2.70 bits per heavy atom. The number of aliphatic imine (C=N–C) groups is 1. The number of nitrogens with one attached hydrogen (secondary N) is 1. The van der Waals surface area contributed by atoms with E-state index in [0.717, 1.165) is 18.5 Å². The van der Waals surface area contributed by atoms with Gasteiger partial charge >= 0.3 is 5.97 Å². The quantitative estimate of drug-likeness (QED) is 0.332. The van der Waals surface area contributed by atoms with Crippen molar-refractivity contribution in [3.8, 4) is 0 Å². The number of fused-ring (bicyclic) bond motifs is 1. The number of hydrogen-bond donors (Lipinski definition) is 2. The van der Waals surface area contributed by atoms with Gasteiger partial charge in [0.05, 0.1) is 13.0 Å². The first-order valence-corrected chi connectivity index (χ1v) is 7.74. The number of esters is 1. The fraction of sp³-hybridized carbons (Fsp3) is 0.529. The van der Waals surface area contributed by atoms with Gasteiger partial charge in [-0.05, 0) is 63.3 Å². The van der Waals surface area contributed by atoms with Crippen molar-refractivity contribution < 1.29 is 9.53 Å². The number of anilines is 1. The van der Waals surface area contributed by atoms with Gasteiger partial charge < -0.3 is 15.8 Å². The summed E-state index contributed by atoms with van der Waals surface area (Å²) in [6.45, 7) is 5.85. The maximum atomic E-state index is 11.6. The van der Waals surface area contributed by atoms with Gasteiger partial charge in [-0.3, -0.25) is 9.79 Å². The molecule has 0 bridgehead atoms. The number of carbonyl (C=O) groups is 1. The predicted molar refractivity (Wildman–Crippen MR) is 104 cm³/mol. The highest BCUT2D eigenvalue weighted by molar-refractivity contribution is 14.0. The number of carbonyl (C=O) groups excluding carboxylic acids is 1. The van der Waals surface area contributed by atoms with E-state index in [1.807, 2.05) is 26.8 Å². The summed E-state index contributed by atoms with van der Waals surface area (Å²) in [4.78, 5) is 15.7. The number of ether oxygens (including phenoxy) is 1. The molecule has 0 aromatic heterocycles. The van der Waals surface area contributed by atoms with E-state index in [1.165, 1.54) is 17.5 Å². The van der Waals surface area contributed by atoms with Crippen LogP contribution >= 0.6 is 24.0 Å². The van der Waals surface area contributed by atoms with Crippen LogP contribution in [0.15, 0.2) is 23.2 Å². The number of nitrogens with two attached hydrogens (primary N) is 1. The van der Waals surface area contributed by atoms with Crippen LogP contribution in [0.5, 0.6) is 0 Å². The lowest BCUT2D eigenvalue weighted by Gasteiger charge is -2.19. The molecule has 2 rings (SSSR count). The Hall–Kier alpha value is -1.31. The molecule has 128 valence electrons. The van der Waals surface area contributed by atoms with Gasteiger partial charge in [-0.15, -0.1) is 24.0 Å². The number of aryl methyl sites for hydroxylation is 2. The minimum Gasteiger partial charge on any atom is -0.460 e. The van der Waals surface area contributed by atoms with Gasteiger partial charge in [-0.2, -0.15) is 0 Å². The third-order valence-corrected chi connectivity index (χ3v) is 3.39. The van der Waals surface area contributed by atoms with Crippen molar-refractivity contribution >= 4 is 41.6 Å². The lowest BCUT2D eigenvalue weighted by molar-refractivity contribution is -0.154. The molecule has 5 nitrogen and oxygen atoms in total. The van der Waals surface area contributed by atoms with E-state index in [1.54, 1.807) is 0 Å². The first-order valence-electron chi connectivity index (χ1n) is 7.74. The molecule has 6 heteroatoms. The Balaban J connectivity index is 0.00000264. The Morgan fingerprint density at radius 1 is 1.30 bits per heavy atom. The fourth-order valence-electron chi connectivity index (χ4n) is 2.50. The van der Waals surface area contributed by atoms with Crippen LogP contribution < -0.4 is 11.1 Å². The molecule has 0 unspecified atom stereocenters. The van der Waals surface area contributed by atoms with Gasteiger partial charge in [-0.1, -0.05) is 6.07 Å². The molecule has 0 heterocycles. The standard InChI is InChI=1S/C17H25N3O2.HI/c1-17(2,3)22-15(21)9-10-19-16(18)20-14-8-7-12-5-4-6-13(12)11-14;/h7-8,11H,4-6,9-10H2,1-3H3,(H3,18,19,20);1H. The van der Waals surface area contributed by atoms with E-state index in [9.17, 15) is 4.79 Å². The van der Waals surface area contributed by atoms with Gasteiger partial charge in [0.15, 0.2) is 5.96 Å². The second-order valence-electron chi connectivity index (χ2n) is 6.57. The molecule has 0 spiro atoms. The molecule has 0 radical (unpaired) electrons. The summed E-state index contributed by atoms with van der Waals surface area (Å²) < 4.78 is 5.22. The van der Waals surface area contributed by atoms with Crippen LogP contribution in [0.3, 0.4) is 0 Å². The molecule has 0 saturated carbocycles. The SMILES string of the molecule is CC(C)(C)OC(=O)CCN=C(N)Nc1ccc2c(c1)CCC2.I. The van der Waals surface area contributed by atoms with Crippen LogP contribution in [0.25, 0.3) is 0 Å². The Labute approximate surface area is 155 Å². The smallest absolute Gasteiger partial charge is 0.308 e. The van der Waals surface area contributed by atoms with Crippen molar-refractivity contribution in [1.29, 1.82) is 0 Å². The highest BCUT2D eigenvalue weighted by atomic mass is 127. The predicted octanol–water partition coefficient (Wildman–Crippen LogP) is 3.25.